The number of carbonyl (C=O) groups excluding carboxylic acids is 4. The van der Waals surface area contributed by atoms with Gasteiger partial charge in [-0.15, -0.1) is 0 Å². The summed E-state index contributed by atoms with van der Waals surface area (Å²) in [6.45, 7) is 6.28. The molecule has 3 heterocycles. The zero-order valence-corrected chi connectivity index (χ0v) is 39.2. The number of aliphatic imine (C=N–C) groups is 1. The van der Waals surface area contributed by atoms with E-state index in [4.69, 9.17) is 16.3 Å². The molecular weight excluding hydrogens is 1000 g/mol. The number of hydrogen-bond acceptors (Lipinski definition) is 10. The molecule has 4 aromatic carbocycles. The quantitative estimate of drug-likeness (QED) is 0.0733. The number of hydrogen-bond donors (Lipinski definition) is 4. The highest BCUT2D eigenvalue weighted by Gasteiger charge is 2.35. The molecule has 1 aliphatic heterocycles. The molecule has 0 fully saturated rings. The number of ketones is 4. The molecule has 0 unspecified atom stereocenters. The maximum Gasteiger partial charge on any atom is 0.449 e. The molecule has 0 saturated heterocycles. The lowest BCUT2D eigenvalue weighted by molar-refractivity contribution is -0.168. The predicted molar refractivity (Wildman–Crippen MR) is 248 cm³/mol. The first-order valence-corrected chi connectivity index (χ1v) is 21.4. The molecule has 388 valence electrons. The Bertz CT molecular complexity index is 2700. The highest BCUT2D eigenvalue weighted by Crippen LogP contribution is 2.29. The highest BCUT2D eigenvalue weighted by molar-refractivity contribution is 6.31. The first-order valence-electron chi connectivity index (χ1n) is 21.0. The number of rotatable bonds is 11. The van der Waals surface area contributed by atoms with E-state index >= 15 is 0 Å². The largest absolute Gasteiger partial charge is 0.457 e. The summed E-state index contributed by atoms with van der Waals surface area (Å²) in [5.74, 6) is -4.47. The topological polar surface area (TPSA) is 155 Å². The van der Waals surface area contributed by atoms with Gasteiger partial charge in [-0.25, -0.2) is 0 Å². The number of halogens is 13. The number of nitrogens with one attached hydrogen (secondary N) is 4. The number of benzene rings is 4. The lowest BCUT2D eigenvalue weighted by atomic mass is 10.1. The van der Waals surface area contributed by atoms with Gasteiger partial charge in [-0.3, -0.25) is 29.2 Å². The van der Waals surface area contributed by atoms with Gasteiger partial charge < -0.3 is 25.7 Å². The minimum absolute atomic E-state index is 0.486. The van der Waals surface area contributed by atoms with Crippen molar-refractivity contribution in [1.82, 2.24) is 20.6 Å². The number of carbonyl (C=O) groups is 4. The number of Topliss-reactive ketones (excluding diaryl/α,β-unsaturated/α-hetero) is 4. The van der Waals surface area contributed by atoms with Crippen LogP contribution in [0.2, 0.25) is 5.02 Å². The van der Waals surface area contributed by atoms with Gasteiger partial charge in [0.15, 0.2) is 0 Å². The fourth-order valence-electron chi connectivity index (χ4n) is 5.49. The van der Waals surface area contributed by atoms with Gasteiger partial charge in [0.1, 0.15) is 17.3 Å². The van der Waals surface area contributed by atoms with E-state index in [1.807, 2.05) is 66.9 Å². The van der Waals surface area contributed by atoms with Crippen LogP contribution >= 0.6 is 11.6 Å². The highest BCUT2D eigenvalue weighted by atomic mass is 35.5. The number of aromatic nitrogens is 2. The molecule has 11 nitrogen and oxygen atoms in total. The summed E-state index contributed by atoms with van der Waals surface area (Å²) >= 11 is 6.11. The fraction of sp³-hybridized carbons (Fsp3) is 0.292. The molecule has 0 amide bonds. The van der Waals surface area contributed by atoms with Crippen LogP contribution in [0.5, 0.6) is 11.5 Å². The molecule has 7 rings (SSSR count). The van der Waals surface area contributed by atoms with E-state index in [1.165, 1.54) is 10.9 Å². The van der Waals surface area contributed by atoms with Gasteiger partial charge in [-0.1, -0.05) is 23.7 Å². The molecule has 0 bridgehead atoms. The van der Waals surface area contributed by atoms with Crippen LogP contribution in [-0.4, -0.2) is 89.8 Å². The smallest absolute Gasteiger partial charge is 0.449 e. The van der Waals surface area contributed by atoms with Crippen LogP contribution in [0, 0.1) is 0 Å². The number of fused-ring (bicyclic) bond motifs is 2. The van der Waals surface area contributed by atoms with Crippen molar-refractivity contribution in [3.05, 3.63) is 119 Å². The van der Waals surface area contributed by atoms with Crippen LogP contribution in [0.1, 0.15) is 45.2 Å². The molecule has 6 aromatic rings. The van der Waals surface area contributed by atoms with E-state index in [0.717, 1.165) is 95.4 Å². The summed E-state index contributed by atoms with van der Waals surface area (Å²) in [6.07, 6.45) is -15.7. The van der Waals surface area contributed by atoms with Gasteiger partial charge in [-0.2, -0.15) is 52.7 Å². The van der Waals surface area contributed by atoms with E-state index in [9.17, 15) is 71.9 Å². The first kappa shape index (κ1) is 59.3. The normalized spacial score (nSPS) is 12.3. The average molecular weight is 1050 g/mol. The number of amidine groups is 1. The molecule has 0 saturated carbocycles. The Hall–Kier alpha value is -7.01. The first-order chi connectivity index (χ1) is 33.4. The third-order valence-corrected chi connectivity index (χ3v) is 9.60. The van der Waals surface area contributed by atoms with E-state index < -0.39 is 47.8 Å². The van der Waals surface area contributed by atoms with Gasteiger partial charge in [-0.05, 0) is 109 Å². The molecule has 0 atom stereocenters. The van der Waals surface area contributed by atoms with Crippen LogP contribution in [0.25, 0.3) is 33.1 Å². The minimum atomic E-state index is -4.64. The molecule has 4 N–H and O–H groups in total. The van der Waals surface area contributed by atoms with E-state index in [1.54, 1.807) is 0 Å². The number of nitrogens with zero attached hydrogens (tertiary/aromatic N) is 2. The van der Waals surface area contributed by atoms with Crippen molar-refractivity contribution >= 4 is 68.1 Å². The summed E-state index contributed by atoms with van der Waals surface area (Å²) in [6, 6.07) is 32.9. The summed E-state index contributed by atoms with van der Waals surface area (Å²) < 4.78 is 136. The molecule has 2 aromatic heterocycles. The van der Waals surface area contributed by atoms with Gasteiger partial charge in [0.25, 0.3) is 0 Å². The zero-order valence-electron chi connectivity index (χ0n) is 38.4. The van der Waals surface area contributed by atoms with Gasteiger partial charge >= 0.3 is 24.7 Å². The van der Waals surface area contributed by atoms with Crippen molar-refractivity contribution in [2.45, 2.75) is 65.4 Å². The van der Waals surface area contributed by atoms with E-state index in [0.29, 0.717) is 32.7 Å². The summed E-state index contributed by atoms with van der Waals surface area (Å²) in [4.78, 5) is 49.8. The molecule has 0 aliphatic carbocycles. The summed E-state index contributed by atoms with van der Waals surface area (Å²) in [7, 11) is 0. The third-order valence-electron chi connectivity index (χ3n) is 9.37. The molecule has 24 heteroatoms. The van der Waals surface area contributed by atoms with Crippen LogP contribution in [0.3, 0.4) is 0 Å². The lowest BCUT2D eigenvalue weighted by Crippen LogP contribution is -2.19. The Kier molecular flexibility index (Phi) is 21.8. The molecule has 0 spiro atoms. The zero-order chi connectivity index (χ0) is 54.0. The second-order valence-corrected chi connectivity index (χ2v) is 15.5. The van der Waals surface area contributed by atoms with Crippen LogP contribution in [0.15, 0.2) is 108 Å². The van der Waals surface area contributed by atoms with E-state index in [-0.39, 0.29) is 0 Å². The second-order valence-electron chi connectivity index (χ2n) is 15.1. The van der Waals surface area contributed by atoms with Crippen LogP contribution < -0.4 is 20.7 Å². The van der Waals surface area contributed by atoms with Crippen molar-refractivity contribution in [1.29, 1.82) is 0 Å². The molecular formula is C48H45ClF12N6O5. The van der Waals surface area contributed by atoms with Gasteiger partial charge in [0.05, 0.1) is 12.1 Å². The Morgan fingerprint density at radius 1 is 0.639 bits per heavy atom. The fourth-order valence-corrected chi connectivity index (χ4v) is 5.66. The molecule has 1 aliphatic rings. The van der Waals surface area contributed by atoms with Crippen LogP contribution in [0.4, 0.5) is 58.4 Å². The maximum atomic E-state index is 10.8. The van der Waals surface area contributed by atoms with Crippen LogP contribution in [-0.2, 0) is 25.7 Å². The summed E-state index contributed by atoms with van der Waals surface area (Å²) in [5, 5.41) is 13.4. The molecule has 72 heavy (non-hydrogen) atoms. The van der Waals surface area contributed by atoms with E-state index in [2.05, 4.69) is 67.3 Å². The SMILES string of the molecule is CC(=O)C(F)(F)F.CC(=O)C(F)(F)F.CC(=O)C(F)(F)F.CC(=O)C(F)(F)F.Clc1ccc2c(NCCCNCc3ccc4cc(-c5ccc(Oc6ccc(C7=NCCN7)cc6)cc5)[nH]c4c3)ccnc2c1. The number of pyridine rings is 1. The number of aromatic amines is 1. The van der Waals surface area contributed by atoms with Crippen molar-refractivity contribution in [2.24, 2.45) is 4.99 Å². The predicted octanol–water partition coefficient (Wildman–Crippen LogP) is 12.3. The average Bonchev–Trinajstić information content (AvgIpc) is 3.99. The van der Waals surface area contributed by atoms with Gasteiger partial charge in [0, 0.05) is 91.8 Å². The Morgan fingerprint density at radius 2 is 1.15 bits per heavy atom. The third kappa shape index (κ3) is 20.4. The number of H-pyrrole nitrogens is 1. The molecule has 0 radical (unpaired) electrons. The van der Waals surface area contributed by atoms with Crippen molar-refractivity contribution in [3.63, 3.8) is 0 Å². The van der Waals surface area contributed by atoms with Crippen molar-refractivity contribution < 1.29 is 76.6 Å². The summed E-state index contributed by atoms with van der Waals surface area (Å²) in [5.41, 5.74) is 7.65. The Balaban J connectivity index is 0.000000399. The monoisotopic (exact) mass is 1050 g/mol. The second kappa shape index (κ2) is 26.4. The van der Waals surface area contributed by atoms with Crippen molar-refractivity contribution in [2.75, 3.05) is 31.5 Å². The Morgan fingerprint density at radius 3 is 1.64 bits per heavy atom. The number of alkyl halides is 12. The van der Waals surface area contributed by atoms with Crippen molar-refractivity contribution in [3.8, 4) is 22.8 Å². The maximum absolute atomic E-state index is 10.8. The number of ether oxygens (including phenoxy) is 1. The van der Waals surface area contributed by atoms with Gasteiger partial charge in [0.2, 0.25) is 23.1 Å². The Labute approximate surface area is 408 Å². The standard InChI is InChI=1S/C36H33ClN6O.4C3H3F3O/c37-28-8-13-31-32(14-17-40-35(31)22-28)39-16-1-15-38-23-24-2-3-27-21-34(43-33(27)20-24)25-4-9-29(10-5-25)44-30-11-6-26(7-12-30)36-41-18-19-42-36;4*1-2(7)3(4,5)6/h2-14,17,20-22,38,43H,1,15-16,18-19,23H2,(H,39,40)(H,41,42);4*1H3. The minimum Gasteiger partial charge on any atom is -0.457 e. The number of anilines is 1. The lowest BCUT2D eigenvalue weighted by Gasteiger charge is -2.10.